The fourth-order valence-corrected chi connectivity index (χ4v) is 5.43. The molecule has 1 heterocycles. The van der Waals surface area contributed by atoms with E-state index in [1.54, 1.807) is 0 Å². The number of anilines is 1. The van der Waals surface area contributed by atoms with Crippen molar-refractivity contribution in [2.24, 2.45) is 5.14 Å². The number of unbranched alkanes of at least 4 members (excludes halogenated alkanes) is 1. The molecular weight excluding hydrogens is 562 g/mol. The fourth-order valence-electron chi connectivity index (χ4n) is 4.01. The van der Waals surface area contributed by atoms with Crippen LogP contribution in [-0.2, 0) is 26.3 Å². The van der Waals surface area contributed by atoms with Crippen molar-refractivity contribution in [3.05, 3.63) is 96.6 Å². The molecule has 41 heavy (non-hydrogen) atoms. The average Bonchev–Trinajstić information content (AvgIpc) is 3.40. The maximum atomic E-state index is 13.4. The summed E-state index contributed by atoms with van der Waals surface area (Å²) < 4.78 is 29.8. The van der Waals surface area contributed by atoms with Gasteiger partial charge in [0.05, 0.1) is 10.6 Å². The van der Waals surface area contributed by atoms with Gasteiger partial charge >= 0.3 is 6.09 Å². The Kier molecular flexibility index (Phi) is 10.6. The summed E-state index contributed by atoms with van der Waals surface area (Å²) in [4.78, 5) is 31.6. The molecule has 0 unspecified atom stereocenters. The van der Waals surface area contributed by atoms with Gasteiger partial charge in [0.2, 0.25) is 5.91 Å². The van der Waals surface area contributed by atoms with E-state index in [0.29, 0.717) is 18.0 Å². The fraction of sp³-hybridized carbons (Fsp3) is 0.207. The molecule has 0 aliphatic carbocycles. The molecule has 0 aliphatic rings. The molecule has 0 spiro atoms. The smallest absolute Gasteiger partial charge is 0.408 e. The maximum Gasteiger partial charge on any atom is 0.408 e. The number of carbonyl (C=O) groups excluding carboxylic acids is 2. The lowest BCUT2D eigenvalue weighted by atomic mass is 10.1. The van der Waals surface area contributed by atoms with Crippen LogP contribution in [-0.4, -0.2) is 38.0 Å². The number of carbonyl (C=O) groups is 2. The number of nitrogens with zero attached hydrogens (tertiary/aromatic N) is 1. The minimum absolute atomic E-state index is 0.0483. The van der Waals surface area contributed by atoms with Crippen molar-refractivity contribution in [1.29, 1.82) is 0 Å². The van der Waals surface area contributed by atoms with Gasteiger partial charge in [-0.2, -0.15) is 8.42 Å². The molecular formula is C29H31N5O5S2. The summed E-state index contributed by atoms with van der Waals surface area (Å²) in [7, 11) is -3.81. The summed E-state index contributed by atoms with van der Waals surface area (Å²) >= 11 is 1.34. The van der Waals surface area contributed by atoms with E-state index in [9.17, 15) is 18.0 Å². The van der Waals surface area contributed by atoms with E-state index in [0.717, 1.165) is 27.3 Å². The molecule has 3 aromatic carbocycles. The maximum absolute atomic E-state index is 13.4. The van der Waals surface area contributed by atoms with Gasteiger partial charge in [0.1, 0.15) is 12.6 Å². The standard InChI is InChI=1S/C29H31N5O5S2/c30-41(37,38)31-19-11-10-18-24(32-29(36)39-20-21-12-4-1-5-13-21)27(35)34-28-33-25(22-14-6-2-7-15-22)26(40-28)23-16-8-3-9-17-23/h1-9,12-17,24,31H,10-11,18-20H2,(H,32,36)(H2,30,37,38)(H,33,34,35)/t24-/m0/s1. The van der Waals surface area contributed by atoms with Crippen molar-refractivity contribution >= 4 is 38.7 Å². The monoisotopic (exact) mass is 593 g/mol. The predicted molar refractivity (Wildman–Crippen MR) is 160 cm³/mol. The molecule has 2 amide bonds. The summed E-state index contributed by atoms with van der Waals surface area (Å²) in [6.45, 7) is 0.158. The number of nitrogens with two attached hydrogens (primary N) is 1. The SMILES string of the molecule is NS(=O)(=O)NCCCC[C@H](NC(=O)OCc1ccccc1)C(=O)Nc1nc(-c2ccccc2)c(-c2ccccc2)s1. The van der Waals surface area contributed by atoms with Crippen molar-refractivity contribution in [3.8, 4) is 21.7 Å². The Morgan fingerprint density at radius 3 is 2.12 bits per heavy atom. The van der Waals surface area contributed by atoms with Gasteiger partial charge in [-0.3, -0.25) is 4.79 Å². The number of aromatic nitrogens is 1. The highest BCUT2D eigenvalue weighted by atomic mass is 32.2. The first-order valence-electron chi connectivity index (χ1n) is 13.0. The molecule has 4 rings (SSSR count). The van der Waals surface area contributed by atoms with E-state index in [-0.39, 0.29) is 19.6 Å². The van der Waals surface area contributed by atoms with Crippen LogP contribution >= 0.6 is 11.3 Å². The first kappa shape index (κ1) is 29.9. The highest BCUT2D eigenvalue weighted by Crippen LogP contribution is 2.39. The van der Waals surface area contributed by atoms with E-state index >= 15 is 0 Å². The third kappa shape index (κ3) is 9.50. The molecule has 1 aromatic heterocycles. The van der Waals surface area contributed by atoms with Crippen molar-refractivity contribution in [2.45, 2.75) is 31.9 Å². The number of rotatable bonds is 13. The molecule has 0 saturated heterocycles. The Hall–Kier alpha value is -4.10. The number of amides is 2. The normalized spacial score (nSPS) is 11.9. The van der Waals surface area contributed by atoms with Crippen molar-refractivity contribution < 1.29 is 22.7 Å². The second-order valence-electron chi connectivity index (χ2n) is 9.11. The zero-order chi connectivity index (χ0) is 29.1. The molecule has 0 saturated carbocycles. The molecule has 0 aliphatic heterocycles. The Labute approximate surface area is 243 Å². The van der Waals surface area contributed by atoms with Crippen LogP contribution in [0.2, 0.25) is 0 Å². The number of nitrogens with one attached hydrogen (secondary N) is 3. The topological polar surface area (TPSA) is 153 Å². The van der Waals surface area contributed by atoms with Gasteiger partial charge in [-0.15, -0.1) is 0 Å². The van der Waals surface area contributed by atoms with Gasteiger partial charge < -0.3 is 15.4 Å². The lowest BCUT2D eigenvalue weighted by molar-refractivity contribution is -0.118. The van der Waals surface area contributed by atoms with Crippen LogP contribution in [0.4, 0.5) is 9.93 Å². The Morgan fingerprint density at radius 1 is 0.878 bits per heavy atom. The highest BCUT2D eigenvalue weighted by molar-refractivity contribution is 7.87. The number of thiazole rings is 1. The quantitative estimate of drug-likeness (QED) is 0.165. The lowest BCUT2D eigenvalue weighted by Crippen LogP contribution is -2.44. The van der Waals surface area contributed by atoms with Gasteiger partial charge in [0, 0.05) is 12.1 Å². The van der Waals surface area contributed by atoms with E-state index in [1.165, 1.54) is 11.3 Å². The van der Waals surface area contributed by atoms with Crippen molar-refractivity contribution in [3.63, 3.8) is 0 Å². The molecule has 12 heteroatoms. The summed E-state index contributed by atoms with van der Waals surface area (Å²) in [5.41, 5.74) is 3.41. The minimum atomic E-state index is -3.81. The van der Waals surface area contributed by atoms with Crippen LogP contribution in [0.1, 0.15) is 24.8 Å². The first-order valence-corrected chi connectivity index (χ1v) is 15.3. The Bertz CT molecular complexity index is 1470. The van der Waals surface area contributed by atoms with E-state index in [2.05, 4.69) is 15.4 Å². The number of ether oxygens (including phenoxy) is 1. The molecule has 5 N–H and O–H groups in total. The minimum Gasteiger partial charge on any atom is -0.445 e. The molecule has 0 fully saturated rings. The van der Waals surface area contributed by atoms with E-state index in [1.807, 2.05) is 91.0 Å². The van der Waals surface area contributed by atoms with Gasteiger partial charge in [0.15, 0.2) is 5.13 Å². The Balaban J connectivity index is 1.48. The lowest BCUT2D eigenvalue weighted by Gasteiger charge is -2.17. The molecule has 0 radical (unpaired) electrons. The molecule has 0 bridgehead atoms. The average molecular weight is 594 g/mol. The van der Waals surface area contributed by atoms with Gasteiger partial charge in [-0.25, -0.2) is 19.6 Å². The number of alkyl carbamates (subject to hydrolysis) is 1. The zero-order valence-corrected chi connectivity index (χ0v) is 23.8. The summed E-state index contributed by atoms with van der Waals surface area (Å²) in [6, 6.07) is 27.7. The molecule has 10 nitrogen and oxygen atoms in total. The van der Waals surface area contributed by atoms with Crippen molar-refractivity contribution in [1.82, 2.24) is 15.0 Å². The van der Waals surface area contributed by atoms with Crippen LogP contribution in [0.3, 0.4) is 0 Å². The first-order chi connectivity index (χ1) is 19.8. The van der Waals surface area contributed by atoms with Gasteiger partial charge in [-0.05, 0) is 30.4 Å². The summed E-state index contributed by atoms with van der Waals surface area (Å²) in [6.07, 6.45) is 0.336. The van der Waals surface area contributed by atoms with Gasteiger partial charge in [-0.1, -0.05) is 102 Å². The molecule has 1 atom stereocenters. The number of hydrogen-bond acceptors (Lipinski definition) is 7. The second-order valence-corrected chi connectivity index (χ2v) is 11.5. The predicted octanol–water partition coefficient (Wildman–Crippen LogP) is 4.67. The third-order valence-electron chi connectivity index (χ3n) is 5.98. The van der Waals surface area contributed by atoms with Crippen LogP contribution in [0.5, 0.6) is 0 Å². The second kappa shape index (κ2) is 14.5. The molecule has 4 aromatic rings. The van der Waals surface area contributed by atoms with Crippen LogP contribution in [0, 0.1) is 0 Å². The van der Waals surface area contributed by atoms with Crippen LogP contribution in [0.25, 0.3) is 21.7 Å². The third-order valence-corrected chi connectivity index (χ3v) is 7.61. The zero-order valence-electron chi connectivity index (χ0n) is 22.2. The van der Waals surface area contributed by atoms with Crippen molar-refractivity contribution in [2.75, 3.05) is 11.9 Å². The Morgan fingerprint density at radius 2 is 1.49 bits per heavy atom. The van der Waals surface area contributed by atoms with E-state index < -0.39 is 28.3 Å². The van der Waals surface area contributed by atoms with Crippen LogP contribution in [0.15, 0.2) is 91.0 Å². The molecule has 214 valence electrons. The van der Waals surface area contributed by atoms with E-state index in [4.69, 9.17) is 14.9 Å². The summed E-state index contributed by atoms with van der Waals surface area (Å²) in [5, 5.41) is 10.9. The largest absolute Gasteiger partial charge is 0.445 e. The van der Waals surface area contributed by atoms with Gasteiger partial charge in [0.25, 0.3) is 10.2 Å². The highest BCUT2D eigenvalue weighted by Gasteiger charge is 2.24. The number of benzene rings is 3. The van der Waals surface area contributed by atoms with Crippen LogP contribution < -0.4 is 20.5 Å². The summed E-state index contributed by atoms with van der Waals surface area (Å²) in [5.74, 6) is -0.464. The number of hydrogen-bond donors (Lipinski definition) is 4.